The topological polar surface area (TPSA) is 72.2 Å². The van der Waals surface area contributed by atoms with E-state index in [9.17, 15) is 9.59 Å². The Hall–Kier alpha value is -1.36. The maximum Gasteiger partial charge on any atom is 0.251 e. The predicted octanol–water partition coefficient (Wildman–Crippen LogP) is 3.10. The first-order valence-electron chi connectivity index (χ1n) is 7.85. The number of carbonyl (C=O) groups excluding carboxylic acids is 2. The van der Waals surface area contributed by atoms with Gasteiger partial charge in [-0.1, -0.05) is 19.8 Å². The molecule has 1 saturated carbocycles. The lowest BCUT2D eigenvalue weighted by atomic mass is 9.84. The van der Waals surface area contributed by atoms with Gasteiger partial charge in [-0.3, -0.25) is 9.59 Å². The fraction of sp³-hybridized carbons (Fsp3) is 0.625. The minimum atomic E-state index is -0.411. The number of nitrogens with two attached hydrogens (primary N) is 1. The smallest absolute Gasteiger partial charge is 0.251 e. The molecule has 2 aliphatic carbocycles. The molecule has 0 radical (unpaired) electrons. The average molecular weight is 306 g/mol. The zero-order valence-corrected chi connectivity index (χ0v) is 13.2. The standard InChI is InChI=1S/C16H22N2O2S/c1-2-9-6-7-11-12(8-9)21-16(13(11)14(17)19)18-15(20)10-4-3-5-10/h9-10H,2-8H2,1H3,(H2,17,19)(H,18,20)/t9-/m1/s1. The number of amides is 2. The number of nitrogens with one attached hydrogen (secondary N) is 1. The van der Waals surface area contributed by atoms with E-state index in [-0.39, 0.29) is 11.8 Å². The second-order valence-electron chi connectivity index (χ2n) is 6.21. The van der Waals surface area contributed by atoms with Crippen LogP contribution in [0.5, 0.6) is 0 Å². The summed E-state index contributed by atoms with van der Waals surface area (Å²) < 4.78 is 0. The maximum absolute atomic E-state index is 12.1. The number of primary amides is 1. The molecule has 2 amide bonds. The first-order chi connectivity index (χ1) is 10.1. The average Bonchev–Trinajstić information content (AvgIpc) is 2.72. The number of carbonyl (C=O) groups is 2. The van der Waals surface area contributed by atoms with Crippen molar-refractivity contribution in [1.29, 1.82) is 0 Å². The van der Waals surface area contributed by atoms with Crippen molar-refractivity contribution in [3.8, 4) is 0 Å². The van der Waals surface area contributed by atoms with Crippen LogP contribution in [0.1, 0.15) is 59.8 Å². The Morgan fingerprint density at radius 2 is 2.10 bits per heavy atom. The highest BCUT2D eigenvalue weighted by Crippen LogP contribution is 2.40. The van der Waals surface area contributed by atoms with Crippen molar-refractivity contribution in [2.45, 2.75) is 51.9 Å². The van der Waals surface area contributed by atoms with Crippen molar-refractivity contribution >= 4 is 28.2 Å². The van der Waals surface area contributed by atoms with Gasteiger partial charge in [-0.2, -0.15) is 0 Å². The third-order valence-electron chi connectivity index (χ3n) is 4.90. The predicted molar refractivity (Wildman–Crippen MR) is 84.6 cm³/mol. The second-order valence-corrected chi connectivity index (χ2v) is 7.31. The fourth-order valence-electron chi connectivity index (χ4n) is 3.24. The molecule has 0 saturated heterocycles. The zero-order valence-electron chi connectivity index (χ0n) is 12.4. The highest BCUT2D eigenvalue weighted by Gasteiger charge is 2.30. The van der Waals surface area contributed by atoms with Crippen molar-refractivity contribution < 1.29 is 9.59 Å². The van der Waals surface area contributed by atoms with Crippen LogP contribution < -0.4 is 11.1 Å². The summed E-state index contributed by atoms with van der Waals surface area (Å²) in [5.41, 5.74) is 7.22. The van der Waals surface area contributed by atoms with E-state index in [1.165, 1.54) is 4.88 Å². The molecule has 0 unspecified atom stereocenters. The van der Waals surface area contributed by atoms with E-state index in [1.807, 2.05) is 0 Å². The Labute approximate surface area is 129 Å². The number of rotatable bonds is 4. The van der Waals surface area contributed by atoms with E-state index in [1.54, 1.807) is 11.3 Å². The molecular weight excluding hydrogens is 284 g/mol. The molecule has 3 N–H and O–H groups in total. The number of fused-ring (bicyclic) bond motifs is 1. The summed E-state index contributed by atoms with van der Waals surface area (Å²) in [7, 11) is 0. The largest absolute Gasteiger partial charge is 0.365 e. The number of hydrogen-bond donors (Lipinski definition) is 2. The monoisotopic (exact) mass is 306 g/mol. The second kappa shape index (κ2) is 5.79. The van der Waals surface area contributed by atoms with Crippen molar-refractivity contribution in [2.75, 3.05) is 5.32 Å². The van der Waals surface area contributed by atoms with E-state index in [4.69, 9.17) is 5.73 Å². The SMILES string of the molecule is CC[C@@H]1CCc2c(sc(NC(=O)C3CCC3)c2C(N)=O)C1. The molecular formula is C16H22N2O2S. The van der Waals surface area contributed by atoms with E-state index in [0.717, 1.165) is 50.5 Å². The van der Waals surface area contributed by atoms with E-state index in [2.05, 4.69) is 12.2 Å². The first-order valence-corrected chi connectivity index (χ1v) is 8.67. The van der Waals surface area contributed by atoms with Crippen LogP contribution in [0.4, 0.5) is 5.00 Å². The summed E-state index contributed by atoms with van der Waals surface area (Å²) in [5.74, 6) is 0.445. The lowest BCUT2D eigenvalue weighted by Crippen LogP contribution is -2.28. The highest BCUT2D eigenvalue weighted by molar-refractivity contribution is 7.17. The molecule has 1 aromatic heterocycles. The van der Waals surface area contributed by atoms with Gasteiger partial charge in [0, 0.05) is 10.8 Å². The molecule has 4 nitrogen and oxygen atoms in total. The summed E-state index contributed by atoms with van der Waals surface area (Å²) in [5, 5.41) is 3.64. The number of thiophene rings is 1. The molecule has 0 aromatic carbocycles. The van der Waals surface area contributed by atoms with Crippen LogP contribution in [0.15, 0.2) is 0 Å². The van der Waals surface area contributed by atoms with Gasteiger partial charge in [0.15, 0.2) is 0 Å². The Morgan fingerprint density at radius 3 is 2.67 bits per heavy atom. The van der Waals surface area contributed by atoms with Crippen LogP contribution >= 0.6 is 11.3 Å². The lowest BCUT2D eigenvalue weighted by Gasteiger charge is -2.23. The molecule has 1 aromatic rings. The van der Waals surface area contributed by atoms with E-state index >= 15 is 0 Å². The highest BCUT2D eigenvalue weighted by atomic mass is 32.1. The molecule has 21 heavy (non-hydrogen) atoms. The molecule has 0 aliphatic heterocycles. The quantitative estimate of drug-likeness (QED) is 0.897. The number of anilines is 1. The van der Waals surface area contributed by atoms with Crippen LogP contribution in [0.2, 0.25) is 0 Å². The minimum Gasteiger partial charge on any atom is -0.365 e. The number of hydrogen-bond acceptors (Lipinski definition) is 3. The van der Waals surface area contributed by atoms with E-state index in [0.29, 0.717) is 16.5 Å². The maximum atomic E-state index is 12.1. The summed E-state index contributed by atoms with van der Waals surface area (Å²) in [6.07, 6.45) is 7.23. The van der Waals surface area contributed by atoms with Gasteiger partial charge in [0.05, 0.1) is 5.56 Å². The Morgan fingerprint density at radius 1 is 1.33 bits per heavy atom. The van der Waals surface area contributed by atoms with Crippen LogP contribution in [-0.2, 0) is 17.6 Å². The van der Waals surface area contributed by atoms with Gasteiger partial charge in [-0.25, -0.2) is 0 Å². The van der Waals surface area contributed by atoms with Gasteiger partial charge in [0.2, 0.25) is 5.91 Å². The van der Waals surface area contributed by atoms with Gasteiger partial charge in [0.25, 0.3) is 5.91 Å². The summed E-state index contributed by atoms with van der Waals surface area (Å²) in [4.78, 5) is 25.2. The van der Waals surface area contributed by atoms with Crippen molar-refractivity contribution in [2.24, 2.45) is 17.6 Å². The minimum absolute atomic E-state index is 0.0504. The molecule has 0 bridgehead atoms. The zero-order chi connectivity index (χ0) is 15.0. The van der Waals surface area contributed by atoms with Gasteiger partial charge in [-0.15, -0.1) is 11.3 Å². The lowest BCUT2D eigenvalue weighted by molar-refractivity contribution is -0.122. The summed E-state index contributed by atoms with van der Waals surface area (Å²) >= 11 is 1.56. The van der Waals surface area contributed by atoms with Crippen LogP contribution in [0.3, 0.4) is 0 Å². The molecule has 114 valence electrons. The summed E-state index contributed by atoms with van der Waals surface area (Å²) in [6, 6.07) is 0. The van der Waals surface area contributed by atoms with Crippen LogP contribution in [0.25, 0.3) is 0 Å². The van der Waals surface area contributed by atoms with Gasteiger partial charge in [-0.05, 0) is 43.6 Å². The Balaban J connectivity index is 1.87. The van der Waals surface area contributed by atoms with Crippen LogP contribution in [0, 0.1) is 11.8 Å². The van der Waals surface area contributed by atoms with Crippen molar-refractivity contribution in [1.82, 2.24) is 0 Å². The van der Waals surface area contributed by atoms with Crippen molar-refractivity contribution in [3.05, 3.63) is 16.0 Å². The Bertz CT molecular complexity index is 575. The van der Waals surface area contributed by atoms with Gasteiger partial charge >= 0.3 is 0 Å². The molecule has 1 atom stereocenters. The fourth-order valence-corrected chi connectivity index (χ4v) is 4.61. The first kappa shape index (κ1) is 14.6. The molecule has 2 aliphatic rings. The summed E-state index contributed by atoms with van der Waals surface area (Å²) in [6.45, 7) is 2.21. The third-order valence-corrected chi connectivity index (χ3v) is 6.07. The Kier molecular flexibility index (Phi) is 4.02. The third kappa shape index (κ3) is 2.71. The van der Waals surface area contributed by atoms with Crippen LogP contribution in [-0.4, -0.2) is 11.8 Å². The van der Waals surface area contributed by atoms with Crippen molar-refractivity contribution in [3.63, 3.8) is 0 Å². The van der Waals surface area contributed by atoms with E-state index < -0.39 is 5.91 Å². The molecule has 5 heteroatoms. The molecule has 1 heterocycles. The molecule has 0 spiro atoms. The molecule has 1 fully saturated rings. The van der Waals surface area contributed by atoms with Gasteiger partial charge < -0.3 is 11.1 Å². The normalized spacial score (nSPS) is 21.5. The van der Waals surface area contributed by atoms with Gasteiger partial charge in [0.1, 0.15) is 5.00 Å². The molecule has 3 rings (SSSR count).